The molecule has 0 radical (unpaired) electrons. The Morgan fingerprint density at radius 3 is 2.04 bits per heavy atom. The molecule has 0 aliphatic carbocycles. The summed E-state index contributed by atoms with van der Waals surface area (Å²) in [5.41, 5.74) is 7.29. The van der Waals surface area contributed by atoms with Crippen LogP contribution in [-0.2, 0) is 0 Å². The Hall–Kier alpha value is -6.37. The summed E-state index contributed by atoms with van der Waals surface area (Å²) in [6, 6.07) is 52.6. The van der Waals surface area contributed by atoms with Gasteiger partial charge in [-0.05, 0) is 53.2 Å². The van der Waals surface area contributed by atoms with Gasteiger partial charge in [0.05, 0.1) is 26.9 Å². The third-order valence-electron chi connectivity index (χ3n) is 9.46. The zero-order valence-corrected chi connectivity index (χ0v) is 27.0. The van der Waals surface area contributed by atoms with E-state index in [1.54, 1.807) is 0 Å². The van der Waals surface area contributed by atoms with Gasteiger partial charge in [0.2, 0.25) is 5.62 Å². The normalized spacial score (nSPS) is 12.3. The first-order valence-electron chi connectivity index (χ1n) is 16.3. The molecule has 0 saturated heterocycles. The molecular weight excluding hydrogens is 619 g/mol. The molecule has 0 atom stereocenters. The highest BCUT2D eigenvalue weighted by Crippen LogP contribution is 2.47. The minimum atomic E-state index is 0.143. The first-order valence-corrected chi connectivity index (χ1v) is 17.1. The smallest absolute Gasteiger partial charge is 0.229 e. The van der Waals surface area contributed by atoms with Crippen LogP contribution in [0.25, 0.3) is 80.6 Å². The molecule has 3 heterocycles. The van der Waals surface area contributed by atoms with Crippen LogP contribution in [0, 0.1) is 5.41 Å². The first kappa shape index (κ1) is 27.7. The molecule has 10 rings (SSSR count). The molecule has 0 spiro atoms. The van der Waals surface area contributed by atoms with Crippen LogP contribution in [0.2, 0.25) is 0 Å². The monoisotopic (exact) mass is 645 g/mol. The summed E-state index contributed by atoms with van der Waals surface area (Å²) in [4.78, 5) is 12.9. The van der Waals surface area contributed by atoms with Gasteiger partial charge in [-0.25, -0.2) is 4.98 Å². The molecule has 0 amide bonds. The molecule has 0 fully saturated rings. The lowest BCUT2D eigenvalue weighted by Crippen LogP contribution is -2.17. The van der Waals surface area contributed by atoms with Crippen LogP contribution < -0.4 is 5.62 Å². The van der Waals surface area contributed by atoms with Crippen molar-refractivity contribution in [3.05, 3.63) is 163 Å². The van der Waals surface area contributed by atoms with Crippen molar-refractivity contribution in [2.45, 2.75) is 0 Å². The number of amidine groups is 1. The van der Waals surface area contributed by atoms with Crippen molar-refractivity contribution in [2.24, 2.45) is 4.99 Å². The van der Waals surface area contributed by atoms with Gasteiger partial charge in [-0.3, -0.25) is 5.41 Å². The topological polar surface area (TPSA) is 69.8 Å². The molecule has 3 aromatic heterocycles. The van der Waals surface area contributed by atoms with E-state index >= 15 is 0 Å². The number of para-hydroxylation sites is 2. The number of aromatic amines is 1. The van der Waals surface area contributed by atoms with Gasteiger partial charge >= 0.3 is 0 Å². The number of H-pyrrole nitrogens is 1. The Morgan fingerprint density at radius 1 is 0.612 bits per heavy atom. The zero-order valence-electron chi connectivity index (χ0n) is 26.2. The highest BCUT2D eigenvalue weighted by Gasteiger charge is 2.21. The van der Waals surface area contributed by atoms with Gasteiger partial charge in [0.15, 0.2) is 5.84 Å². The van der Waals surface area contributed by atoms with E-state index < -0.39 is 0 Å². The third-order valence-corrected chi connectivity index (χ3v) is 10.6. The number of rotatable bonds is 3. The number of hydrogen-bond acceptors (Lipinski definition) is 3. The van der Waals surface area contributed by atoms with Crippen molar-refractivity contribution >= 4 is 80.8 Å². The fourth-order valence-electron chi connectivity index (χ4n) is 7.32. The molecule has 0 saturated carbocycles. The molecule has 6 heteroatoms. The van der Waals surface area contributed by atoms with Gasteiger partial charge < -0.3 is 9.55 Å². The van der Waals surface area contributed by atoms with Crippen LogP contribution in [0.15, 0.2) is 157 Å². The molecule has 0 unspecified atom stereocenters. The molecule has 7 aromatic carbocycles. The van der Waals surface area contributed by atoms with Crippen LogP contribution in [0.1, 0.15) is 5.56 Å². The molecule has 0 bridgehead atoms. The van der Waals surface area contributed by atoms with Crippen molar-refractivity contribution in [3.8, 4) is 16.9 Å². The summed E-state index contributed by atoms with van der Waals surface area (Å²) in [5, 5.41) is 17.6. The Labute approximate surface area is 284 Å². The van der Waals surface area contributed by atoms with Gasteiger partial charge in [0.1, 0.15) is 0 Å². The summed E-state index contributed by atoms with van der Waals surface area (Å²) in [6.07, 6.45) is 0. The number of fused-ring (bicyclic) bond motifs is 11. The van der Waals surface area contributed by atoms with E-state index in [4.69, 9.17) is 10.4 Å². The number of benzene rings is 7. The molecule has 49 heavy (non-hydrogen) atoms. The standard InChI is InChI=1S/C43H27N5S/c44-42(47-43-45-34-19-9-6-16-31(34)39(46-43)26-12-2-1-3-13-26)27-22-24-28(25-23-27)48-35-20-10-7-17-32(35)37-29-14-4-5-15-30(29)38-33-18-8-11-21-36(33)49-41(38)40(37)48/h1-25H,(H2,44,45,46,47). The van der Waals surface area contributed by atoms with Crippen LogP contribution in [0.3, 0.4) is 0 Å². The van der Waals surface area contributed by atoms with E-state index in [0.29, 0.717) is 11.2 Å². The Balaban J connectivity index is 1.15. The van der Waals surface area contributed by atoms with Gasteiger partial charge in [0, 0.05) is 48.4 Å². The first-order chi connectivity index (χ1) is 24.2. The predicted octanol–water partition coefficient (Wildman–Crippen LogP) is 10.8. The molecule has 230 valence electrons. The Kier molecular flexibility index (Phi) is 6.13. The van der Waals surface area contributed by atoms with Crippen LogP contribution in [-0.4, -0.2) is 20.4 Å². The SMILES string of the molecule is N=C(N=c1nc(-c2ccccc2)c2ccccc2[nH]1)c1ccc(-n2c3ccccc3c3c4ccccc4c4c5ccccc5sc4c32)cc1. The fourth-order valence-corrected chi connectivity index (χ4v) is 8.57. The summed E-state index contributed by atoms with van der Waals surface area (Å²) in [5.74, 6) is 0.143. The second-order valence-corrected chi connectivity index (χ2v) is 13.3. The van der Waals surface area contributed by atoms with Crippen molar-refractivity contribution < 1.29 is 0 Å². The maximum absolute atomic E-state index is 8.99. The molecule has 0 aliphatic heterocycles. The molecule has 10 aromatic rings. The Morgan fingerprint density at radius 2 is 1.24 bits per heavy atom. The minimum absolute atomic E-state index is 0.143. The fraction of sp³-hybridized carbons (Fsp3) is 0. The largest absolute Gasteiger partial charge is 0.323 e. The summed E-state index contributed by atoms with van der Waals surface area (Å²) < 4.78 is 4.96. The quantitative estimate of drug-likeness (QED) is 0.146. The second-order valence-electron chi connectivity index (χ2n) is 12.3. The summed E-state index contributed by atoms with van der Waals surface area (Å²) in [7, 11) is 0. The average Bonchev–Trinajstić information content (AvgIpc) is 3.72. The summed E-state index contributed by atoms with van der Waals surface area (Å²) in [6.45, 7) is 0. The van der Waals surface area contributed by atoms with Crippen molar-refractivity contribution in [1.29, 1.82) is 5.41 Å². The van der Waals surface area contributed by atoms with E-state index in [2.05, 4.69) is 106 Å². The number of hydrogen-bond donors (Lipinski definition) is 2. The van der Waals surface area contributed by atoms with E-state index in [1.165, 1.54) is 47.2 Å². The molecular formula is C43H27N5S. The van der Waals surface area contributed by atoms with Crippen LogP contribution >= 0.6 is 11.3 Å². The van der Waals surface area contributed by atoms with Crippen molar-refractivity contribution in [1.82, 2.24) is 14.5 Å². The zero-order chi connectivity index (χ0) is 32.5. The highest BCUT2D eigenvalue weighted by atomic mass is 32.1. The molecule has 0 aliphatic rings. The summed E-state index contributed by atoms with van der Waals surface area (Å²) >= 11 is 1.86. The molecule has 2 N–H and O–H groups in total. The van der Waals surface area contributed by atoms with Crippen molar-refractivity contribution in [2.75, 3.05) is 0 Å². The number of thiophene rings is 1. The maximum Gasteiger partial charge on any atom is 0.229 e. The molecule has 5 nitrogen and oxygen atoms in total. The number of nitrogens with zero attached hydrogens (tertiary/aromatic N) is 3. The van der Waals surface area contributed by atoms with Crippen LogP contribution in [0.5, 0.6) is 0 Å². The van der Waals surface area contributed by atoms with Crippen molar-refractivity contribution in [3.63, 3.8) is 0 Å². The number of aromatic nitrogens is 3. The predicted molar refractivity (Wildman–Crippen MR) is 205 cm³/mol. The maximum atomic E-state index is 8.99. The van der Waals surface area contributed by atoms with Gasteiger partial charge in [-0.2, -0.15) is 4.99 Å². The third kappa shape index (κ3) is 4.28. The lowest BCUT2D eigenvalue weighted by molar-refractivity contribution is 1.05. The number of nitrogens with one attached hydrogen (secondary N) is 2. The van der Waals surface area contributed by atoms with Gasteiger partial charge in [0.25, 0.3) is 0 Å². The van der Waals surface area contributed by atoms with Gasteiger partial charge in [-0.15, -0.1) is 11.3 Å². The van der Waals surface area contributed by atoms with Crippen LogP contribution in [0.4, 0.5) is 0 Å². The minimum Gasteiger partial charge on any atom is -0.323 e. The van der Waals surface area contributed by atoms with E-state index in [0.717, 1.165) is 33.4 Å². The lowest BCUT2D eigenvalue weighted by atomic mass is 9.99. The highest BCUT2D eigenvalue weighted by molar-refractivity contribution is 7.27. The Bertz CT molecular complexity index is 3000. The van der Waals surface area contributed by atoms with E-state index in [1.807, 2.05) is 72.0 Å². The second kappa shape index (κ2) is 10.8. The lowest BCUT2D eigenvalue weighted by Gasteiger charge is -2.11. The van der Waals surface area contributed by atoms with Gasteiger partial charge in [-0.1, -0.05) is 109 Å². The van der Waals surface area contributed by atoms with E-state index in [-0.39, 0.29) is 5.84 Å². The average molecular weight is 646 g/mol. The van der Waals surface area contributed by atoms with E-state index in [9.17, 15) is 0 Å².